The summed E-state index contributed by atoms with van der Waals surface area (Å²) >= 11 is 0. The van der Waals surface area contributed by atoms with E-state index >= 15 is 0 Å². The van der Waals surface area contributed by atoms with E-state index in [-0.39, 0.29) is 0 Å². The molecule has 0 aliphatic rings. The standard InChI is InChI=1S/C25H26FN5/c1-5-18(13-20(26)6-2)23-17(4)25(31-24(30-23)16(3)14-29-31)27-12-11-19-15-28-22-10-8-7-9-21(19)22/h5-10,13-15,27-28H,2,11-12H2,1,3-4H3/b18-5+,20-13+. The third-order valence-electron chi connectivity index (χ3n) is 5.49. The Morgan fingerprint density at radius 1 is 1.29 bits per heavy atom. The average molecular weight is 416 g/mol. The van der Waals surface area contributed by atoms with Crippen molar-refractivity contribution < 1.29 is 4.39 Å². The number of aromatic nitrogens is 4. The van der Waals surface area contributed by atoms with Gasteiger partial charge in [0.25, 0.3) is 0 Å². The van der Waals surface area contributed by atoms with E-state index in [2.05, 4.69) is 46.4 Å². The van der Waals surface area contributed by atoms with Crippen LogP contribution in [0.2, 0.25) is 0 Å². The highest BCUT2D eigenvalue weighted by atomic mass is 19.1. The van der Waals surface area contributed by atoms with E-state index in [1.54, 1.807) is 6.20 Å². The largest absolute Gasteiger partial charge is 0.369 e. The van der Waals surface area contributed by atoms with E-state index in [1.165, 1.54) is 23.1 Å². The first-order valence-corrected chi connectivity index (χ1v) is 10.3. The number of benzene rings is 1. The molecule has 0 bridgehead atoms. The number of rotatable bonds is 7. The molecular weight excluding hydrogens is 389 g/mol. The fraction of sp³-hybridized carbons (Fsp3) is 0.200. The van der Waals surface area contributed by atoms with E-state index in [4.69, 9.17) is 4.98 Å². The van der Waals surface area contributed by atoms with Crippen LogP contribution in [0.3, 0.4) is 0 Å². The molecule has 0 fully saturated rings. The molecule has 0 atom stereocenters. The topological polar surface area (TPSA) is 58.0 Å². The van der Waals surface area contributed by atoms with E-state index < -0.39 is 5.83 Å². The van der Waals surface area contributed by atoms with Crippen LogP contribution in [0.1, 0.15) is 29.3 Å². The van der Waals surface area contributed by atoms with Gasteiger partial charge in [-0.25, -0.2) is 9.37 Å². The maximum Gasteiger partial charge on any atom is 0.160 e. The Balaban J connectivity index is 1.69. The van der Waals surface area contributed by atoms with E-state index in [9.17, 15) is 4.39 Å². The van der Waals surface area contributed by atoms with Gasteiger partial charge in [0.1, 0.15) is 11.6 Å². The average Bonchev–Trinajstić information content (AvgIpc) is 3.37. The van der Waals surface area contributed by atoms with Crippen molar-refractivity contribution in [3.05, 3.63) is 89.7 Å². The highest BCUT2D eigenvalue weighted by Crippen LogP contribution is 2.28. The van der Waals surface area contributed by atoms with Crippen LogP contribution in [-0.2, 0) is 6.42 Å². The zero-order valence-corrected chi connectivity index (χ0v) is 18.0. The number of anilines is 1. The van der Waals surface area contributed by atoms with Gasteiger partial charge in [0.15, 0.2) is 5.65 Å². The second kappa shape index (κ2) is 8.60. The highest BCUT2D eigenvalue weighted by molar-refractivity contribution is 5.83. The summed E-state index contributed by atoms with van der Waals surface area (Å²) in [4.78, 5) is 8.12. The van der Waals surface area contributed by atoms with Crippen molar-refractivity contribution in [2.45, 2.75) is 27.2 Å². The molecule has 0 unspecified atom stereocenters. The van der Waals surface area contributed by atoms with Crippen molar-refractivity contribution in [1.82, 2.24) is 19.6 Å². The van der Waals surface area contributed by atoms with Gasteiger partial charge in [-0.3, -0.25) is 0 Å². The van der Waals surface area contributed by atoms with Crippen LogP contribution >= 0.6 is 0 Å². The normalized spacial score (nSPS) is 12.6. The lowest BCUT2D eigenvalue weighted by Crippen LogP contribution is -2.13. The number of fused-ring (bicyclic) bond motifs is 2. The number of aryl methyl sites for hydroxylation is 1. The Labute approximate surface area is 181 Å². The summed E-state index contributed by atoms with van der Waals surface area (Å²) in [7, 11) is 0. The van der Waals surface area contributed by atoms with Gasteiger partial charge in [0.05, 0.1) is 11.9 Å². The molecular formula is C25H26FN5. The van der Waals surface area contributed by atoms with Gasteiger partial charge in [-0.15, -0.1) is 0 Å². The summed E-state index contributed by atoms with van der Waals surface area (Å²) in [5.74, 6) is 0.466. The van der Waals surface area contributed by atoms with Gasteiger partial charge in [-0.2, -0.15) is 9.61 Å². The van der Waals surface area contributed by atoms with E-state index in [1.807, 2.05) is 37.4 Å². The number of H-pyrrole nitrogens is 1. The molecule has 0 saturated carbocycles. The van der Waals surface area contributed by atoms with Crippen molar-refractivity contribution >= 4 is 27.9 Å². The zero-order valence-electron chi connectivity index (χ0n) is 18.0. The van der Waals surface area contributed by atoms with Gasteiger partial charge < -0.3 is 10.3 Å². The maximum absolute atomic E-state index is 13.9. The third-order valence-corrected chi connectivity index (χ3v) is 5.49. The molecule has 0 amide bonds. The molecule has 158 valence electrons. The first-order chi connectivity index (χ1) is 15.0. The number of hydrogen-bond donors (Lipinski definition) is 2. The van der Waals surface area contributed by atoms with Crippen LogP contribution in [0.4, 0.5) is 10.2 Å². The third kappa shape index (κ3) is 3.89. The van der Waals surface area contributed by atoms with Crippen molar-refractivity contribution in [1.29, 1.82) is 0 Å². The summed E-state index contributed by atoms with van der Waals surface area (Å²) in [5.41, 5.74) is 6.46. The molecule has 5 nitrogen and oxygen atoms in total. The van der Waals surface area contributed by atoms with Gasteiger partial charge in [0.2, 0.25) is 0 Å². The number of halogens is 1. The molecule has 4 aromatic rings. The molecule has 0 spiro atoms. The van der Waals surface area contributed by atoms with Crippen LogP contribution in [0.15, 0.2) is 67.3 Å². The Morgan fingerprint density at radius 3 is 2.87 bits per heavy atom. The lowest BCUT2D eigenvalue weighted by molar-refractivity contribution is 0.668. The van der Waals surface area contributed by atoms with Gasteiger partial charge in [0, 0.05) is 34.8 Å². The number of nitrogens with one attached hydrogen (secondary N) is 2. The maximum atomic E-state index is 13.9. The lowest BCUT2D eigenvalue weighted by Gasteiger charge is -2.15. The van der Waals surface area contributed by atoms with E-state index in [0.29, 0.717) is 5.57 Å². The molecule has 0 saturated heterocycles. The molecule has 4 rings (SSSR count). The molecule has 1 aromatic carbocycles. The minimum Gasteiger partial charge on any atom is -0.369 e. The first kappa shape index (κ1) is 20.6. The number of hydrogen-bond acceptors (Lipinski definition) is 3. The quantitative estimate of drug-likeness (QED) is 0.368. The molecule has 0 aliphatic heterocycles. The summed E-state index contributed by atoms with van der Waals surface area (Å²) in [5, 5.41) is 9.29. The fourth-order valence-corrected chi connectivity index (χ4v) is 3.82. The summed E-state index contributed by atoms with van der Waals surface area (Å²) in [6, 6.07) is 8.29. The Kier molecular flexibility index (Phi) is 5.71. The van der Waals surface area contributed by atoms with Gasteiger partial charge >= 0.3 is 0 Å². The van der Waals surface area contributed by atoms with Crippen LogP contribution in [0, 0.1) is 13.8 Å². The van der Waals surface area contributed by atoms with Crippen LogP contribution in [0.5, 0.6) is 0 Å². The Bertz CT molecular complexity index is 1320. The predicted octanol–water partition coefficient (Wildman–Crippen LogP) is 5.92. The van der Waals surface area contributed by atoms with Crippen molar-refractivity contribution in [2.75, 3.05) is 11.9 Å². The molecule has 0 aliphatic carbocycles. The Hall–Kier alpha value is -3.67. The van der Waals surface area contributed by atoms with Gasteiger partial charge in [-0.1, -0.05) is 30.9 Å². The lowest BCUT2D eigenvalue weighted by atomic mass is 10.1. The molecule has 0 radical (unpaired) electrons. The minimum atomic E-state index is -0.395. The van der Waals surface area contributed by atoms with Crippen molar-refractivity contribution in [3.8, 4) is 0 Å². The van der Waals surface area contributed by atoms with Crippen LogP contribution in [-0.4, -0.2) is 26.1 Å². The van der Waals surface area contributed by atoms with Crippen LogP contribution in [0.25, 0.3) is 22.1 Å². The predicted molar refractivity (Wildman–Crippen MR) is 126 cm³/mol. The number of allylic oxidation sites excluding steroid dienone is 5. The van der Waals surface area contributed by atoms with E-state index in [0.717, 1.165) is 46.8 Å². The number of aromatic amines is 1. The molecule has 31 heavy (non-hydrogen) atoms. The molecule has 6 heteroatoms. The Morgan fingerprint density at radius 2 is 2.10 bits per heavy atom. The second-order valence-electron chi connectivity index (χ2n) is 7.51. The fourth-order valence-electron chi connectivity index (χ4n) is 3.82. The number of para-hydroxylation sites is 1. The van der Waals surface area contributed by atoms with Crippen LogP contribution < -0.4 is 5.32 Å². The molecule has 3 aromatic heterocycles. The van der Waals surface area contributed by atoms with Crippen molar-refractivity contribution in [3.63, 3.8) is 0 Å². The van der Waals surface area contributed by atoms with Gasteiger partial charge in [-0.05, 0) is 56.5 Å². The second-order valence-corrected chi connectivity index (χ2v) is 7.51. The zero-order chi connectivity index (χ0) is 22.0. The first-order valence-electron chi connectivity index (χ1n) is 10.3. The summed E-state index contributed by atoms with van der Waals surface area (Å²) < 4.78 is 15.8. The SMILES string of the molecule is C=C/C(F)=C\C(=C/C)c1nc2c(C)cnn2c(NCCc2c[nH]c3ccccc23)c1C. The minimum absolute atomic E-state index is 0.395. The number of nitrogens with zero attached hydrogens (tertiary/aromatic N) is 3. The monoisotopic (exact) mass is 415 g/mol. The summed E-state index contributed by atoms with van der Waals surface area (Å²) in [6.07, 6.45) is 9.22. The highest BCUT2D eigenvalue weighted by Gasteiger charge is 2.16. The summed E-state index contributed by atoms with van der Waals surface area (Å²) in [6.45, 7) is 10.1. The molecule has 2 N–H and O–H groups in total. The molecule has 3 heterocycles. The van der Waals surface area contributed by atoms with Crippen molar-refractivity contribution in [2.24, 2.45) is 0 Å². The smallest absolute Gasteiger partial charge is 0.160 e.